The normalized spacial score (nSPS) is 11.7. The smallest absolute Gasteiger partial charge is 0.330 e. The molecule has 20 heavy (non-hydrogen) atoms. The number of aromatic nitrogens is 2. The molecule has 2 rings (SSSR count). The topological polar surface area (TPSA) is 90.9 Å². The lowest BCUT2D eigenvalue weighted by Gasteiger charge is -2.14. The van der Waals surface area contributed by atoms with Crippen molar-refractivity contribution in [1.82, 2.24) is 9.78 Å². The van der Waals surface area contributed by atoms with Gasteiger partial charge in [0.2, 0.25) is 0 Å². The van der Waals surface area contributed by atoms with Gasteiger partial charge in [-0.1, -0.05) is 0 Å². The van der Waals surface area contributed by atoms with Crippen LogP contribution in [-0.4, -0.2) is 20.9 Å². The van der Waals surface area contributed by atoms with E-state index in [2.05, 4.69) is 26.3 Å². The van der Waals surface area contributed by atoms with E-state index in [1.807, 2.05) is 6.07 Å². The molecule has 0 radical (unpaired) electrons. The molecule has 0 bridgehead atoms. The molecule has 0 aliphatic rings. The van der Waals surface area contributed by atoms with Gasteiger partial charge in [-0.2, -0.15) is 10.4 Å². The minimum absolute atomic E-state index is 0.490. The highest BCUT2D eigenvalue weighted by Crippen LogP contribution is 2.24. The van der Waals surface area contributed by atoms with Crippen molar-refractivity contribution in [3.05, 3.63) is 46.2 Å². The Labute approximate surface area is 123 Å². The summed E-state index contributed by atoms with van der Waals surface area (Å²) in [4.78, 5) is 11.4. The molecule has 0 fully saturated rings. The van der Waals surface area contributed by atoms with Gasteiger partial charge in [0.25, 0.3) is 0 Å². The molecular formula is C13H11BrN4O2. The summed E-state index contributed by atoms with van der Waals surface area (Å²) in [6.07, 6.45) is 3.15. The molecule has 0 aliphatic heterocycles. The van der Waals surface area contributed by atoms with Crippen LogP contribution >= 0.6 is 15.9 Å². The molecule has 2 aromatic rings. The van der Waals surface area contributed by atoms with Crippen molar-refractivity contribution < 1.29 is 9.90 Å². The maximum absolute atomic E-state index is 11.4. The first-order chi connectivity index (χ1) is 9.51. The number of aliphatic carboxylic acids is 1. The molecular weight excluding hydrogens is 324 g/mol. The molecule has 0 aliphatic carbocycles. The standard InChI is InChI=1S/C13H11BrN4O2/c1-18-7-9(6-16-18)12(13(19)20)17-10-3-2-8(5-15)11(14)4-10/h2-4,6-7,12,17H,1H3,(H,19,20). The maximum Gasteiger partial charge on any atom is 0.330 e. The molecule has 0 amide bonds. The predicted octanol–water partition coefficient (Wildman–Crippen LogP) is 2.29. The molecule has 1 aromatic heterocycles. The van der Waals surface area contributed by atoms with Crippen molar-refractivity contribution in [2.24, 2.45) is 7.05 Å². The van der Waals surface area contributed by atoms with Crippen molar-refractivity contribution in [3.8, 4) is 6.07 Å². The van der Waals surface area contributed by atoms with Crippen molar-refractivity contribution >= 4 is 27.6 Å². The number of nitrogens with one attached hydrogen (secondary N) is 1. The summed E-state index contributed by atoms with van der Waals surface area (Å²) < 4.78 is 2.15. The lowest BCUT2D eigenvalue weighted by atomic mass is 10.1. The maximum atomic E-state index is 11.4. The van der Waals surface area contributed by atoms with E-state index in [9.17, 15) is 9.90 Å². The predicted molar refractivity (Wildman–Crippen MR) is 76.1 cm³/mol. The highest BCUT2D eigenvalue weighted by atomic mass is 79.9. The average molecular weight is 335 g/mol. The third kappa shape index (κ3) is 2.97. The number of hydrogen-bond donors (Lipinski definition) is 2. The van der Waals surface area contributed by atoms with Crippen molar-refractivity contribution in [2.45, 2.75) is 6.04 Å². The van der Waals surface area contributed by atoms with Crippen LogP contribution in [0.4, 0.5) is 5.69 Å². The SMILES string of the molecule is Cn1cc(C(Nc2ccc(C#N)c(Br)c2)C(=O)O)cn1. The Bertz CT molecular complexity index is 690. The van der Waals surface area contributed by atoms with Crippen LogP contribution < -0.4 is 5.32 Å². The summed E-state index contributed by atoms with van der Waals surface area (Å²) in [7, 11) is 1.72. The molecule has 1 heterocycles. The fourth-order valence-electron chi connectivity index (χ4n) is 1.74. The highest BCUT2D eigenvalue weighted by molar-refractivity contribution is 9.10. The first-order valence-corrected chi connectivity index (χ1v) is 6.48. The minimum atomic E-state index is -1.00. The number of carbonyl (C=O) groups is 1. The summed E-state index contributed by atoms with van der Waals surface area (Å²) in [5, 5.41) is 25.0. The summed E-state index contributed by atoms with van der Waals surface area (Å²) in [5.74, 6) is -1.00. The van der Waals surface area contributed by atoms with E-state index >= 15 is 0 Å². The van der Waals surface area contributed by atoms with Crippen LogP contribution in [0.25, 0.3) is 0 Å². The van der Waals surface area contributed by atoms with Crippen LogP contribution in [0.5, 0.6) is 0 Å². The highest BCUT2D eigenvalue weighted by Gasteiger charge is 2.21. The number of nitrogens with zero attached hydrogens (tertiary/aromatic N) is 3. The summed E-state index contributed by atoms with van der Waals surface area (Å²) >= 11 is 3.27. The first kappa shape index (κ1) is 14.1. The van der Waals surface area contributed by atoms with Gasteiger partial charge in [-0.05, 0) is 34.1 Å². The zero-order chi connectivity index (χ0) is 14.7. The van der Waals surface area contributed by atoms with Gasteiger partial charge in [0.1, 0.15) is 6.07 Å². The molecule has 1 unspecified atom stereocenters. The molecule has 1 atom stereocenters. The van der Waals surface area contributed by atoms with E-state index in [1.165, 1.54) is 6.20 Å². The molecule has 6 nitrogen and oxygen atoms in total. The van der Waals surface area contributed by atoms with Crippen LogP contribution in [0.15, 0.2) is 35.1 Å². The van der Waals surface area contributed by atoms with Crippen molar-refractivity contribution in [1.29, 1.82) is 5.26 Å². The number of halogens is 1. The Hall–Kier alpha value is -2.33. The van der Waals surface area contributed by atoms with Crippen LogP contribution in [0.3, 0.4) is 0 Å². The van der Waals surface area contributed by atoms with Crippen LogP contribution in [-0.2, 0) is 11.8 Å². The first-order valence-electron chi connectivity index (χ1n) is 5.69. The monoisotopic (exact) mass is 334 g/mol. The van der Waals surface area contributed by atoms with E-state index in [4.69, 9.17) is 5.26 Å². The second-order valence-electron chi connectivity index (χ2n) is 4.17. The Morgan fingerprint density at radius 1 is 1.60 bits per heavy atom. The van der Waals surface area contributed by atoms with Crippen LogP contribution in [0.2, 0.25) is 0 Å². The number of anilines is 1. The summed E-state index contributed by atoms with van der Waals surface area (Å²) in [5.41, 5.74) is 1.65. The third-order valence-corrected chi connectivity index (χ3v) is 3.36. The second-order valence-corrected chi connectivity index (χ2v) is 5.02. The van der Waals surface area contributed by atoms with E-state index in [-0.39, 0.29) is 0 Å². The van der Waals surface area contributed by atoms with Gasteiger partial charge < -0.3 is 10.4 Å². The van der Waals surface area contributed by atoms with Crippen molar-refractivity contribution in [3.63, 3.8) is 0 Å². The summed E-state index contributed by atoms with van der Waals surface area (Å²) in [6, 6.07) is 6.08. The van der Waals surface area contributed by atoms with Gasteiger partial charge >= 0.3 is 5.97 Å². The molecule has 0 saturated heterocycles. The van der Waals surface area contributed by atoms with Crippen molar-refractivity contribution in [2.75, 3.05) is 5.32 Å². The molecule has 102 valence electrons. The zero-order valence-corrected chi connectivity index (χ0v) is 12.1. The number of nitriles is 1. The third-order valence-electron chi connectivity index (χ3n) is 2.71. The quantitative estimate of drug-likeness (QED) is 0.895. The fourth-order valence-corrected chi connectivity index (χ4v) is 2.21. The van der Waals surface area contributed by atoms with Gasteiger partial charge in [0.15, 0.2) is 6.04 Å². The minimum Gasteiger partial charge on any atom is -0.479 e. The molecule has 1 aromatic carbocycles. The van der Waals surface area contributed by atoms with Crippen LogP contribution in [0, 0.1) is 11.3 Å². The van der Waals surface area contributed by atoms with Gasteiger partial charge in [-0.3, -0.25) is 4.68 Å². The Kier molecular flexibility index (Phi) is 4.05. The number of carboxylic acid groups (broad SMARTS) is 1. The lowest BCUT2D eigenvalue weighted by Crippen LogP contribution is -2.20. The van der Waals surface area contributed by atoms with Gasteiger partial charge in [-0.25, -0.2) is 4.79 Å². The number of benzene rings is 1. The van der Waals surface area contributed by atoms with Gasteiger partial charge in [0, 0.05) is 29.0 Å². The zero-order valence-electron chi connectivity index (χ0n) is 10.5. The molecule has 0 spiro atoms. The van der Waals surface area contributed by atoms with Crippen LogP contribution in [0.1, 0.15) is 17.2 Å². The Balaban J connectivity index is 2.28. The lowest BCUT2D eigenvalue weighted by molar-refractivity contribution is -0.138. The second kappa shape index (κ2) is 5.75. The van der Waals surface area contributed by atoms with E-state index < -0.39 is 12.0 Å². The average Bonchev–Trinajstić information content (AvgIpc) is 2.82. The Morgan fingerprint density at radius 2 is 2.35 bits per heavy atom. The molecule has 2 N–H and O–H groups in total. The number of aryl methyl sites for hydroxylation is 1. The molecule has 7 heteroatoms. The summed E-state index contributed by atoms with van der Waals surface area (Å²) in [6.45, 7) is 0. The van der Waals surface area contributed by atoms with Gasteiger partial charge in [0.05, 0.1) is 11.8 Å². The van der Waals surface area contributed by atoms with E-state index in [0.717, 1.165) is 0 Å². The molecule has 0 saturated carbocycles. The Morgan fingerprint density at radius 3 is 2.85 bits per heavy atom. The van der Waals surface area contributed by atoms with E-state index in [0.29, 0.717) is 21.3 Å². The largest absolute Gasteiger partial charge is 0.479 e. The van der Waals surface area contributed by atoms with E-state index in [1.54, 1.807) is 36.1 Å². The number of carboxylic acids is 1. The van der Waals surface area contributed by atoms with Gasteiger partial charge in [-0.15, -0.1) is 0 Å². The number of rotatable bonds is 4. The number of hydrogen-bond acceptors (Lipinski definition) is 4. The fraction of sp³-hybridized carbons (Fsp3) is 0.154.